The van der Waals surface area contributed by atoms with Gasteiger partial charge in [-0.15, -0.1) is 0 Å². The first-order chi connectivity index (χ1) is 5.25. The van der Waals surface area contributed by atoms with Crippen molar-refractivity contribution >= 4 is 0 Å². The number of rotatable bonds is 2. The fraction of sp³-hybridized carbons (Fsp3) is 0.444. The normalized spacial score (nSPS) is 13.0. The van der Waals surface area contributed by atoms with Gasteiger partial charge in [0.05, 0.1) is 6.10 Å². The van der Waals surface area contributed by atoms with Crippen LogP contribution in [-0.2, 0) is 6.42 Å². The van der Waals surface area contributed by atoms with Gasteiger partial charge in [-0.2, -0.15) is 0 Å². The van der Waals surface area contributed by atoms with Crippen LogP contribution in [0.1, 0.15) is 31.2 Å². The molecule has 1 unspecified atom stereocenters. The Morgan fingerprint density at radius 1 is 1.64 bits per heavy atom. The third-order valence-corrected chi connectivity index (χ3v) is 1.71. The van der Waals surface area contributed by atoms with Crippen LogP contribution in [0.3, 0.4) is 0 Å². The van der Waals surface area contributed by atoms with E-state index in [-0.39, 0.29) is 0 Å². The number of nitrogens with zero attached hydrogens (tertiary/aromatic N) is 1. The molecular formula is C9H13NO. The number of aliphatic hydroxyl groups is 1. The monoisotopic (exact) mass is 151 g/mol. The van der Waals surface area contributed by atoms with Gasteiger partial charge < -0.3 is 5.11 Å². The molecule has 0 saturated heterocycles. The second-order valence-corrected chi connectivity index (χ2v) is 2.57. The fourth-order valence-corrected chi connectivity index (χ4v) is 1.13. The number of hydrogen-bond acceptors (Lipinski definition) is 2. The van der Waals surface area contributed by atoms with Gasteiger partial charge in [0, 0.05) is 17.5 Å². The standard InChI is InChI=1S/C9H13NO/c1-3-9-8(7(2)11)5-4-6-10-9/h4-7,11H,3H2,1-2H3. The molecule has 0 aliphatic rings. The molecule has 1 N–H and O–H groups in total. The lowest BCUT2D eigenvalue weighted by Gasteiger charge is -2.07. The number of hydrogen-bond donors (Lipinski definition) is 1. The molecule has 0 aliphatic carbocycles. The van der Waals surface area contributed by atoms with Crippen LogP contribution in [0.25, 0.3) is 0 Å². The van der Waals surface area contributed by atoms with Gasteiger partial charge in [0.15, 0.2) is 0 Å². The van der Waals surface area contributed by atoms with Crippen molar-refractivity contribution in [3.63, 3.8) is 0 Å². The van der Waals surface area contributed by atoms with Gasteiger partial charge in [0.25, 0.3) is 0 Å². The van der Waals surface area contributed by atoms with E-state index in [9.17, 15) is 5.11 Å². The van der Waals surface area contributed by atoms with Crippen LogP contribution in [0.15, 0.2) is 18.3 Å². The SMILES string of the molecule is CCc1ncccc1C(C)O. The Balaban J connectivity index is 3.02. The summed E-state index contributed by atoms with van der Waals surface area (Å²) >= 11 is 0. The summed E-state index contributed by atoms with van der Waals surface area (Å²) in [4.78, 5) is 4.16. The largest absolute Gasteiger partial charge is 0.389 e. The molecule has 1 heterocycles. The molecule has 0 amide bonds. The third kappa shape index (κ3) is 1.77. The van der Waals surface area contributed by atoms with E-state index in [0.29, 0.717) is 0 Å². The summed E-state index contributed by atoms with van der Waals surface area (Å²) in [6.07, 6.45) is 2.23. The summed E-state index contributed by atoms with van der Waals surface area (Å²) in [6.45, 7) is 3.80. The lowest BCUT2D eigenvalue weighted by Crippen LogP contribution is -1.99. The number of pyridine rings is 1. The van der Waals surface area contributed by atoms with E-state index in [0.717, 1.165) is 17.7 Å². The maximum atomic E-state index is 9.30. The number of aryl methyl sites for hydroxylation is 1. The predicted octanol–water partition coefficient (Wildman–Crippen LogP) is 1.70. The van der Waals surface area contributed by atoms with Gasteiger partial charge in [-0.05, 0) is 19.4 Å². The number of aromatic nitrogens is 1. The molecule has 0 radical (unpaired) electrons. The summed E-state index contributed by atoms with van der Waals surface area (Å²) in [5.41, 5.74) is 1.93. The highest BCUT2D eigenvalue weighted by Gasteiger charge is 2.05. The molecule has 0 spiro atoms. The predicted molar refractivity (Wildman–Crippen MR) is 44.2 cm³/mol. The molecule has 0 saturated carbocycles. The number of aliphatic hydroxyl groups excluding tert-OH is 1. The second-order valence-electron chi connectivity index (χ2n) is 2.57. The maximum Gasteiger partial charge on any atom is 0.0779 e. The van der Waals surface area contributed by atoms with Crippen molar-refractivity contribution in [2.45, 2.75) is 26.4 Å². The zero-order valence-corrected chi connectivity index (χ0v) is 6.91. The average Bonchev–Trinajstić information content (AvgIpc) is 2.04. The highest BCUT2D eigenvalue weighted by atomic mass is 16.3. The fourth-order valence-electron chi connectivity index (χ4n) is 1.13. The molecular weight excluding hydrogens is 138 g/mol. The van der Waals surface area contributed by atoms with Crippen molar-refractivity contribution in [2.75, 3.05) is 0 Å². The molecule has 0 aliphatic heterocycles. The molecule has 0 fully saturated rings. The Morgan fingerprint density at radius 3 is 2.82 bits per heavy atom. The summed E-state index contributed by atoms with van der Waals surface area (Å²) in [6, 6.07) is 3.76. The lowest BCUT2D eigenvalue weighted by molar-refractivity contribution is 0.197. The Kier molecular flexibility index (Phi) is 2.60. The van der Waals surface area contributed by atoms with Crippen molar-refractivity contribution in [1.82, 2.24) is 4.98 Å². The molecule has 2 nitrogen and oxygen atoms in total. The van der Waals surface area contributed by atoms with Gasteiger partial charge in [-0.1, -0.05) is 13.0 Å². The van der Waals surface area contributed by atoms with Crippen molar-refractivity contribution in [2.24, 2.45) is 0 Å². The van der Waals surface area contributed by atoms with Gasteiger partial charge in [-0.3, -0.25) is 4.98 Å². The van der Waals surface area contributed by atoms with E-state index in [1.165, 1.54) is 0 Å². The van der Waals surface area contributed by atoms with E-state index in [2.05, 4.69) is 4.98 Å². The molecule has 0 aromatic carbocycles. The molecule has 1 aromatic heterocycles. The first-order valence-corrected chi connectivity index (χ1v) is 3.87. The quantitative estimate of drug-likeness (QED) is 0.697. The molecule has 2 heteroatoms. The van der Waals surface area contributed by atoms with Gasteiger partial charge in [0.2, 0.25) is 0 Å². The molecule has 1 aromatic rings. The van der Waals surface area contributed by atoms with E-state index >= 15 is 0 Å². The van der Waals surface area contributed by atoms with E-state index in [4.69, 9.17) is 0 Å². The molecule has 60 valence electrons. The minimum absolute atomic E-state index is 0.404. The molecule has 1 atom stereocenters. The van der Waals surface area contributed by atoms with Crippen LogP contribution in [-0.4, -0.2) is 10.1 Å². The molecule has 11 heavy (non-hydrogen) atoms. The highest BCUT2D eigenvalue weighted by Crippen LogP contribution is 2.14. The van der Waals surface area contributed by atoms with Crippen LogP contribution in [0.4, 0.5) is 0 Å². The molecule has 0 bridgehead atoms. The van der Waals surface area contributed by atoms with Crippen LogP contribution in [0, 0.1) is 0 Å². The van der Waals surface area contributed by atoms with Crippen molar-refractivity contribution in [3.05, 3.63) is 29.6 Å². The van der Waals surface area contributed by atoms with Crippen LogP contribution in [0.2, 0.25) is 0 Å². The Morgan fingerprint density at radius 2 is 2.36 bits per heavy atom. The topological polar surface area (TPSA) is 33.1 Å². The lowest BCUT2D eigenvalue weighted by atomic mass is 10.1. The summed E-state index contributed by atoms with van der Waals surface area (Å²) in [5, 5.41) is 9.30. The summed E-state index contributed by atoms with van der Waals surface area (Å²) in [5.74, 6) is 0. The Hall–Kier alpha value is -0.890. The van der Waals surface area contributed by atoms with E-state index in [1.807, 2.05) is 19.1 Å². The third-order valence-electron chi connectivity index (χ3n) is 1.71. The minimum Gasteiger partial charge on any atom is -0.389 e. The van der Waals surface area contributed by atoms with Crippen LogP contribution < -0.4 is 0 Å². The first-order valence-electron chi connectivity index (χ1n) is 3.87. The van der Waals surface area contributed by atoms with Gasteiger partial charge >= 0.3 is 0 Å². The average molecular weight is 151 g/mol. The zero-order valence-electron chi connectivity index (χ0n) is 6.91. The summed E-state index contributed by atoms with van der Waals surface area (Å²) < 4.78 is 0. The maximum absolute atomic E-state index is 9.30. The highest BCUT2D eigenvalue weighted by molar-refractivity contribution is 5.21. The Labute approximate surface area is 66.9 Å². The first kappa shape index (κ1) is 8.21. The molecule has 1 rings (SSSR count). The smallest absolute Gasteiger partial charge is 0.0779 e. The van der Waals surface area contributed by atoms with Gasteiger partial charge in [-0.25, -0.2) is 0 Å². The van der Waals surface area contributed by atoms with Crippen LogP contribution >= 0.6 is 0 Å². The van der Waals surface area contributed by atoms with Crippen molar-refractivity contribution < 1.29 is 5.11 Å². The van der Waals surface area contributed by atoms with E-state index in [1.54, 1.807) is 13.1 Å². The van der Waals surface area contributed by atoms with Gasteiger partial charge in [0.1, 0.15) is 0 Å². The zero-order chi connectivity index (χ0) is 8.27. The minimum atomic E-state index is -0.404. The Bertz CT molecular complexity index is 233. The van der Waals surface area contributed by atoms with Crippen molar-refractivity contribution in [3.8, 4) is 0 Å². The van der Waals surface area contributed by atoms with Crippen LogP contribution in [0.5, 0.6) is 0 Å². The second kappa shape index (κ2) is 3.49. The van der Waals surface area contributed by atoms with Crippen molar-refractivity contribution in [1.29, 1.82) is 0 Å². The van der Waals surface area contributed by atoms with E-state index < -0.39 is 6.10 Å². The summed E-state index contributed by atoms with van der Waals surface area (Å²) in [7, 11) is 0.